The number of carbonyl (C=O) groups is 2. The topological polar surface area (TPSA) is 82.5 Å². The Bertz CT molecular complexity index is 1480. The highest BCUT2D eigenvalue weighted by Crippen LogP contribution is 2.49. The summed E-state index contributed by atoms with van der Waals surface area (Å²) in [4.78, 5) is 25.1. The van der Waals surface area contributed by atoms with Crippen molar-refractivity contribution in [1.29, 1.82) is 0 Å². The minimum Gasteiger partial charge on any atom is -0.468 e. The minimum atomic E-state index is -0.507. The van der Waals surface area contributed by atoms with Gasteiger partial charge in [-0.3, -0.25) is 10.1 Å². The molecule has 7 nitrogen and oxygen atoms in total. The predicted octanol–water partition coefficient (Wildman–Crippen LogP) is 7.07. The molecule has 7 heteroatoms. The zero-order valence-electron chi connectivity index (χ0n) is 22.1. The minimum absolute atomic E-state index is 0.158. The van der Waals surface area contributed by atoms with E-state index >= 15 is 0 Å². The number of hydrogen-bond donors (Lipinski definition) is 1. The van der Waals surface area contributed by atoms with Gasteiger partial charge in [-0.2, -0.15) is 5.10 Å². The second kappa shape index (κ2) is 10.1. The molecular formula is C32H31N3O4. The summed E-state index contributed by atoms with van der Waals surface area (Å²) in [6.45, 7) is 1.86. The molecule has 0 saturated heterocycles. The third-order valence-electron chi connectivity index (χ3n) is 7.75. The van der Waals surface area contributed by atoms with Crippen LogP contribution in [0.5, 0.6) is 0 Å². The van der Waals surface area contributed by atoms with Crippen LogP contribution in [0.1, 0.15) is 55.9 Å². The van der Waals surface area contributed by atoms with Crippen molar-refractivity contribution >= 4 is 17.9 Å². The van der Waals surface area contributed by atoms with Crippen LogP contribution in [0.25, 0.3) is 22.3 Å². The number of anilines is 1. The number of nitrogens with zero attached hydrogens (tertiary/aromatic N) is 2. The van der Waals surface area contributed by atoms with E-state index in [2.05, 4.69) is 34.7 Å². The zero-order chi connectivity index (χ0) is 27.0. The number of benzene rings is 3. The number of aromatic nitrogens is 2. The molecule has 198 valence electrons. The van der Waals surface area contributed by atoms with E-state index in [4.69, 9.17) is 9.47 Å². The van der Waals surface area contributed by atoms with E-state index in [1.54, 1.807) is 6.20 Å². The van der Waals surface area contributed by atoms with Gasteiger partial charge in [0.15, 0.2) is 0 Å². The third kappa shape index (κ3) is 4.92. The molecule has 2 saturated carbocycles. The second-order valence-electron chi connectivity index (χ2n) is 10.4. The second-order valence-corrected chi connectivity index (χ2v) is 10.4. The molecule has 2 fully saturated rings. The molecule has 0 aliphatic heterocycles. The Morgan fingerprint density at radius 3 is 2.13 bits per heavy atom. The molecule has 39 heavy (non-hydrogen) atoms. The lowest BCUT2D eigenvalue weighted by molar-refractivity contribution is -0.143. The van der Waals surface area contributed by atoms with Crippen LogP contribution >= 0.6 is 0 Å². The summed E-state index contributed by atoms with van der Waals surface area (Å²) in [5.74, 6) is 0.492. The van der Waals surface area contributed by atoms with Gasteiger partial charge in [0.1, 0.15) is 11.9 Å². The van der Waals surface area contributed by atoms with Crippen molar-refractivity contribution in [3.8, 4) is 22.3 Å². The molecule has 1 aromatic heterocycles. The largest absolute Gasteiger partial charge is 0.468 e. The molecular weight excluding hydrogens is 490 g/mol. The van der Waals surface area contributed by atoms with Gasteiger partial charge in [-0.25, -0.2) is 9.48 Å². The van der Waals surface area contributed by atoms with Gasteiger partial charge >= 0.3 is 12.1 Å². The fourth-order valence-electron chi connectivity index (χ4n) is 5.13. The zero-order valence-corrected chi connectivity index (χ0v) is 22.1. The molecule has 6 rings (SSSR count). The quantitative estimate of drug-likeness (QED) is 0.251. The van der Waals surface area contributed by atoms with Crippen LogP contribution in [-0.4, -0.2) is 29.0 Å². The maximum atomic E-state index is 12.9. The predicted molar refractivity (Wildman–Crippen MR) is 149 cm³/mol. The summed E-state index contributed by atoms with van der Waals surface area (Å²) in [5.41, 5.74) is 5.40. The molecule has 3 aromatic carbocycles. The molecule has 0 radical (unpaired) electrons. The van der Waals surface area contributed by atoms with Crippen molar-refractivity contribution in [2.75, 3.05) is 12.4 Å². The van der Waals surface area contributed by atoms with E-state index in [0.29, 0.717) is 5.82 Å². The standard InChI is InChI=1S/C32H31N3O4/c1-21(22-6-4-3-5-7-22)39-31(37)34-29-28(20-33-35(29)27-16-17-27)25-10-8-23(9-11-25)24-12-14-26(15-13-24)32(18-19-32)30(36)38-2/h3-15,20-21,27H,16-19H2,1-2H3,(H,34,37)/t21-/m1/s1. The number of esters is 1. The first kappa shape index (κ1) is 24.9. The van der Waals surface area contributed by atoms with Crippen LogP contribution in [0.3, 0.4) is 0 Å². The smallest absolute Gasteiger partial charge is 0.413 e. The van der Waals surface area contributed by atoms with E-state index in [1.807, 2.05) is 66.2 Å². The van der Waals surface area contributed by atoms with Gasteiger partial charge in [-0.15, -0.1) is 0 Å². The van der Waals surface area contributed by atoms with Crippen LogP contribution in [0.4, 0.5) is 10.6 Å². The summed E-state index contributed by atoms with van der Waals surface area (Å²) >= 11 is 0. The molecule has 1 N–H and O–H groups in total. The van der Waals surface area contributed by atoms with Crippen molar-refractivity contribution in [3.63, 3.8) is 0 Å². The van der Waals surface area contributed by atoms with Gasteiger partial charge in [0.05, 0.1) is 24.8 Å². The Hall–Kier alpha value is -4.39. The molecule has 1 heterocycles. The molecule has 0 unspecified atom stereocenters. The number of ether oxygens (including phenoxy) is 2. The van der Waals surface area contributed by atoms with E-state index in [-0.39, 0.29) is 18.1 Å². The molecule has 4 aromatic rings. The maximum absolute atomic E-state index is 12.9. The molecule has 2 aliphatic carbocycles. The van der Waals surface area contributed by atoms with Gasteiger partial charge in [0, 0.05) is 5.56 Å². The SMILES string of the molecule is COC(=O)C1(c2ccc(-c3ccc(-c4cnn(C5CC5)c4NC(=O)O[C@H](C)c4ccccc4)cc3)cc2)CC1. The lowest BCUT2D eigenvalue weighted by atomic mass is 9.93. The van der Waals surface area contributed by atoms with Crippen molar-refractivity contribution in [1.82, 2.24) is 9.78 Å². The number of nitrogens with one attached hydrogen (secondary N) is 1. The number of methoxy groups -OCH3 is 1. The fourth-order valence-corrected chi connectivity index (χ4v) is 5.13. The normalized spacial score (nSPS) is 16.3. The number of carbonyl (C=O) groups excluding carboxylic acids is 2. The van der Waals surface area contributed by atoms with Gasteiger partial charge in [0.2, 0.25) is 0 Å². The van der Waals surface area contributed by atoms with Gasteiger partial charge < -0.3 is 9.47 Å². The van der Waals surface area contributed by atoms with Gasteiger partial charge in [0.25, 0.3) is 0 Å². The Morgan fingerprint density at radius 2 is 1.54 bits per heavy atom. The number of rotatable bonds is 8. The summed E-state index contributed by atoms with van der Waals surface area (Å²) in [5, 5.41) is 7.56. The van der Waals surface area contributed by atoms with Crippen LogP contribution in [0, 0.1) is 0 Å². The Labute approximate surface area is 227 Å². The van der Waals surface area contributed by atoms with Gasteiger partial charge in [-0.1, -0.05) is 78.9 Å². The molecule has 1 amide bonds. The first-order valence-electron chi connectivity index (χ1n) is 13.4. The highest BCUT2D eigenvalue weighted by Gasteiger charge is 2.52. The third-order valence-corrected chi connectivity index (χ3v) is 7.75. The molecule has 0 bridgehead atoms. The summed E-state index contributed by atoms with van der Waals surface area (Å²) < 4.78 is 12.6. The van der Waals surface area contributed by atoms with Crippen molar-refractivity contribution in [3.05, 3.63) is 96.2 Å². The van der Waals surface area contributed by atoms with Crippen LogP contribution in [-0.2, 0) is 19.7 Å². The van der Waals surface area contributed by atoms with Crippen molar-refractivity contribution in [2.45, 2.75) is 50.2 Å². The Balaban J connectivity index is 1.20. The monoisotopic (exact) mass is 521 g/mol. The summed E-state index contributed by atoms with van der Waals surface area (Å²) in [6, 6.07) is 26.3. The van der Waals surface area contributed by atoms with Gasteiger partial charge in [-0.05, 0) is 60.4 Å². The number of hydrogen-bond acceptors (Lipinski definition) is 5. The highest BCUT2D eigenvalue weighted by atomic mass is 16.6. The van der Waals surface area contributed by atoms with Crippen molar-refractivity contribution in [2.24, 2.45) is 0 Å². The van der Waals surface area contributed by atoms with Crippen LogP contribution in [0.15, 0.2) is 85.1 Å². The average molecular weight is 522 g/mol. The Kier molecular flexibility index (Phi) is 6.43. The summed E-state index contributed by atoms with van der Waals surface area (Å²) in [7, 11) is 1.45. The maximum Gasteiger partial charge on any atom is 0.413 e. The lowest BCUT2D eigenvalue weighted by Gasteiger charge is -2.16. The van der Waals surface area contributed by atoms with E-state index in [0.717, 1.165) is 59.1 Å². The first-order valence-corrected chi connectivity index (χ1v) is 13.4. The molecule has 2 aliphatic rings. The average Bonchev–Trinajstić information content (AvgIpc) is 3.92. The summed E-state index contributed by atoms with van der Waals surface area (Å²) in [6.07, 6.45) is 4.66. The van der Waals surface area contributed by atoms with E-state index in [9.17, 15) is 9.59 Å². The fraction of sp³-hybridized carbons (Fsp3) is 0.281. The highest BCUT2D eigenvalue weighted by molar-refractivity contribution is 5.90. The van der Waals surface area contributed by atoms with E-state index in [1.165, 1.54) is 7.11 Å². The van der Waals surface area contributed by atoms with Crippen LogP contribution < -0.4 is 5.32 Å². The number of amides is 1. The van der Waals surface area contributed by atoms with E-state index < -0.39 is 11.5 Å². The Morgan fingerprint density at radius 1 is 0.923 bits per heavy atom. The lowest BCUT2D eigenvalue weighted by Crippen LogP contribution is -2.21. The van der Waals surface area contributed by atoms with Crippen molar-refractivity contribution < 1.29 is 19.1 Å². The van der Waals surface area contributed by atoms with Crippen LogP contribution in [0.2, 0.25) is 0 Å². The first-order chi connectivity index (χ1) is 19.0. The molecule has 0 spiro atoms. The molecule has 1 atom stereocenters.